The van der Waals surface area contributed by atoms with E-state index in [1.165, 1.54) is 19.5 Å². The summed E-state index contributed by atoms with van der Waals surface area (Å²) in [5.41, 5.74) is 20.6. The first-order valence-electron chi connectivity index (χ1n) is 10.5. The van der Waals surface area contributed by atoms with E-state index in [1.807, 2.05) is 0 Å². The maximum Gasteiger partial charge on any atom is 0.251 e. The Balaban J connectivity index is 1.49. The van der Waals surface area contributed by atoms with E-state index < -0.39 is 0 Å². The Labute approximate surface area is 204 Å². The van der Waals surface area contributed by atoms with Crippen molar-refractivity contribution in [2.75, 3.05) is 46.0 Å². The van der Waals surface area contributed by atoms with Crippen molar-refractivity contribution in [2.45, 2.75) is 26.7 Å². The molecule has 8 N–H and O–H groups in total. The Bertz CT molecular complexity index is 1230. The van der Waals surface area contributed by atoms with Crippen molar-refractivity contribution < 1.29 is 0 Å². The summed E-state index contributed by atoms with van der Waals surface area (Å²) in [6, 6.07) is 8.40. The molecule has 0 atom stereocenters. The van der Waals surface area contributed by atoms with Gasteiger partial charge in [0.05, 0.1) is 0 Å². The predicted octanol–water partition coefficient (Wildman–Crippen LogP) is 2.27. The van der Waals surface area contributed by atoms with E-state index in [-0.39, 0.29) is 29.7 Å². The van der Waals surface area contributed by atoms with Crippen LogP contribution in [0.1, 0.15) is 19.5 Å². The van der Waals surface area contributed by atoms with Crippen molar-refractivity contribution in [2.24, 2.45) is 0 Å². The predicted molar refractivity (Wildman–Crippen MR) is 138 cm³/mol. The molecule has 14 heteroatoms. The molecule has 178 valence electrons. The molecule has 0 aromatic carbocycles. The molecule has 0 bridgehead atoms. The summed E-state index contributed by atoms with van der Waals surface area (Å²) in [6.45, 7) is 5.31. The fourth-order valence-corrected chi connectivity index (χ4v) is 4.89. The lowest BCUT2D eigenvalue weighted by Crippen LogP contribution is -2.35. The fourth-order valence-electron chi connectivity index (χ4n) is 3.12. The highest BCUT2D eigenvalue weighted by Crippen LogP contribution is 2.19. The number of hydrogen-bond donors (Lipinski definition) is 5. The lowest BCUT2D eigenvalue weighted by Gasteiger charge is -2.23. The van der Waals surface area contributed by atoms with Gasteiger partial charge >= 0.3 is 0 Å². The lowest BCUT2D eigenvalue weighted by molar-refractivity contribution is 0.816. The van der Waals surface area contributed by atoms with Gasteiger partial charge in [-0.05, 0) is 44.5 Å². The van der Waals surface area contributed by atoms with Gasteiger partial charge in [0.2, 0.25) is 29.7 Å². The van der Waals surface area contributed by atoms with Crippen LogP contribution in [0.5, 0.6) is 0 Å². The van der Waals surface area contributed by atoms with Crippen LogP contribution < -0.4 is 33.0 Å². The molecule has 12 nitrogen and oxygen atoms in total. The molecule has 4 aromatic heterocycles. The number of hydrogen-bond acceptors (Lipinski definition) is 14. The maximum atomic E-state index is 5.94. The molecule has 4 rings (SSSR count). The second-order valence-corrected chi connectivity index (χ2v) is 10.2. The second kappa shape index (κ2) is 10.4. The molecule has 0 saturated carbocycles. The molecule has 4 aromatic rings. The maximum absolute atomic E-state index is 5.94. The number of nitrogens with one attached hydrogen (secondary N) is 2. The Kier molecular flexibility index (Phi) is 7.18. The van der Waals surface area contributed by atoms with E-state index in [0.717, 1.165) is 12.8 Å². The minimum atomic E-state index is 0.0163. The Morgan fingerprint density at radius 3 is 1.94 bits per heavy atom. The van der Waals surface area contributed by atoms with Gasteiger partial charge in [-0.15, -0.1) is 22.7 Å². The minimum Gasteiger partial charge on any atom is -0.368 e. The van der Waals surface area contributed by atoms with Crippen molar-refractivity contribution in [1.29, 1.82) is 0 Å². The molecule has 0 aliphatic carbocycles. The van der Waals surface area contributed by atoms with E-state index in [0.29, 0.717) is 19.0 Å². The van der Waals surface area contributed by atoms with Gasteiger partial charge in [-0.25, -0.2) is 0 Å². The van der Waals surface area contributed by atoms with Crippen LogP contribution in [-0.2, 0) is 12.8 Å². The summed E-state index contributed by atoms with van der Waals surface area (Å²) in [7, 11) is 0. The monoisotopic (exact) mass is 498 g/mol. The standard InChI is InChI=1S/C20H26N12S2/c1-11-3-5-13(33-11)7-9-24-18-26-17(23)27-19(30-18)31-32(10-8-14-6-4-12(2)34-14)20-28-15(21)25-16(22)29-20/h3-6H,7-10H2,1-2H3,(H4,21,22,25,28,29)(H4,23,24,26,27,30,31). The number of hydrazine groups is 1. The van der Waals surface area contributed by atoms with Crippen molar-refractivity contribution >= 4 is 58.4 Å². The van der Waals surface area contributed by atoms with Gasteiger partial charge in [0, 0.05) is 39.0 Å². The van der Waals surface area contributed by atoms with Crippen LogP contribution >= 0.6 is 22.7 Å². The third-order valence-electron chi connectivity index (χ3n) is 4.62. The van der Waals surface area contributed by atoms with Gasteiger partial charge < -0.3 is 22.5 Å². The third kappa shape index (κ3) is 6.39. The van der Waals surface area contributed by atoms with Crippen LogP contribution in [0.25, 0.3) is 0 Å². The molecule has 0 unspecified atom stereocenters. The zero-order chi connectivity index (χ0) is 24.1. The van der Waals surface area contributed by atoms with Crippen LogP contribution in [0.15, 0.2) is 24.3 Å². The summed E-state index contributed by atoms with van der Waals surface area (Å²) in [5.74, 6) is 0.967. The first-order valence-corrected chi connectivity index (χ1v) is 12.1. The largest absolute Gasteiger partial charge is 0.368 e. The number of nitrogen functional groups attached to an aromatic ring is 3. The molecule has 34 heavy (non-hydrogen) atoms. The quantitative estimate of drug-likeness (QED) is 0.201. The van der Waals surface area contributed by atoms with Gasteiger partial charge in [0.1, 0.15) is 0 Å². The Morgan fingerprint density at radius 2 is 1.32 bits per heavy atom. The minimum absolute atomic E-state index is 0.0163. The summed E-state index contributed by atoms with van der Waals surface area (Å²) >= 11 is 3.49. The Morgan fingerprint density at radius 1 is 0.735 bits per heavy atom. The number of aromatic nitrogens is 6. The topological polar surface area (TPSA) is 183 Å². The van der Waals surface area contributed by atoms with Gasteiger partial charge in [0.25, 0.3) is 5.95 Å². The first-order chi connectivity index (χ1) is 16.3. The SMILES string of the molecule is Cc1ccc(CCNc2nc(N)nc(NN(CCc3ccc(C)s3)c3nc(N)nc(N)n3)n2)s1. The van der Waals surface area contributed by atoms with E-state index in [2.05, 4.69) is 78.8 Å². The van der Waals surface area contributed by atoms with Crippen molar-refractivity contribution in [3.8, 4) is 0 Å². The Hall–Kier alpha value is -3.78. The number of nitrogens with zero attached hydrogens (tertiary/aromatic N) is 7. The van der Waals surface area contributed by atoms with E-state index in [4.69, 9.17) is 17.2 Å². The molecule has 0 radical (unpaired) electrons. The van der Waals surface area contributed by atoms with Gasteiger partial charge in [0.15, 0.2) is 0 Å². The molecular formula is C20H26N12S2. The summed E-state index contributed by atoms with van der Waals surface area (Å²) in [4.78, 5) is 30.1. The van der Waals surface area contributed by atoms with Crippen molar-refractivity contribution in [1.82, 2.24) is 29.9 Å². The molecule has 0 saturated heterocycles. The van der Waals surface area contributed by atoms with Crippen LogP contribution in [0.4, 0.5) is 35.7 Å². The van der Waals surface area contributed by atoms with Gasteiger partial charge in [-0.2, -0.15) is 29.9 Å². The van der Waals surface area contributed by atoms with Crippen LogP contribution in [0.2, 0.25) is 0 Å². The average Bonchev–Trinajstić information content (AvgIpc) is 3.37. The second-order valence-electron chi connectivity index (χ2n) is 7.41. The zero-order valence-corrected chi connectivity index (χ0v) is 20.4. The highest BCUT2D eigenvalue weighted by molar-refractivity contribution is 7.12. The molecule has 4 heterocycles. The van der Waals surface area contributed by atoms with E-state index >= 15 is 0 Å². The molecule has 0 fully saturated rings. The molecule has 0 amide bonds. The zero-order valence-electron chi connectivity index (χ0n) is 18.8. The van der Waals surface area contributed by atoms with Crippen LogP contribution in [0, 0.1) is 13.8 Å². The van der Waals surface area contributed by atoms with E-state index in [1.54, 1.807) is 27.7 Å². The average molecular weight is 499 g/mol. The highest BCUT2D eigenvalue weighted by atomic mass is 32.1. The smallest absolute Gasteiger partial charge is 0.251 e. The summed E-state index contributed by atoms with van der Waals surface area (Å²) < 4.78 is 0. The van der Waals surface area contributed by atoms with Crippen molar-refractivity contribution in [3.63, 3.8) is 0 Å². The summed E-state index contributed by atoms with van der Waals surface area (Å²) in [6.07, 6.45) is 1.57. The molecular weight excluding hydrogens is 472 g/mol. The van der Waals surface area contributed by atoms with Crippen LogP contribution in [-0.4, -0.2) is 43.0 Å². The third-order valence-corrected chi connectivity index (χ3v) is 6.74. The number of rotatable bonds is 10. The summed E-state index contributed by atoms with van der Waals surface area (Å²) in [5, 5.41) is 4.86. The number of aryl methyl sites for hydroxylation is 2. The molecule has 0 aliphatic heterocycles. The number of anilines is 6. The molecule has 0 aliphatic rings. The van der Waals surface area contributed by atoms with Gasteiger partial charge in [-0.3, -0.25) is 10.4 Å². The number of nitrogens with two attached hydrogens (primary N) is 3. The number of thiophene rings is 2. The van der Waals surface area contributed by atoms with E-state index in [9.17, 15) is 0 Å². The fraction of sp³-hybridized carbons (Fsp3) is 0.300. The first kappa shape index (κ1) is 23.4. The lowest BCUT2D eigenvalue weighted by atomic mass is 10.3. The normalized spacial score (nSPS) is 10.9. The van der Waals surface area contributed by atoms with Crippen molar-refractivity contribution in [3.05, 3.63) is 43.8 Å². The van der Waals surface area contributed by atoms with Crippen LogP contribution in [0.3, 0.4) is 0 Å². The van der Waals surface area contributed by atoms with Gasteiger partial charge in [-0.1, -0.05) is 0 Å². The highest BCUT2D eigenvalue weighted by Gasteiger charge is 2.16. The molecule has 0 spiro atoms.